The smallest absolute Gasteiger partial charge is 0.0118 e. The Hall–Kier alpha value is -0.0400. The molecule has 1 rings (SSSR count). The molecule has 1 N–H and O–H groups in total. The van der Waals surface area contributed by atoms with E-state index in [0.717, 1.165) is 17.9 Å². The zero-order chi connectivity index (χ0) is 12.9. The summed E-state index contributed by atoms with van der Waals surface area (Å²) in [6.45, 7) is 13.1. The summed E-state index contributed by atoms with van der Waals surface area (Å²) in [7, 11) is 0. The third-order valence-electron chi connectivity index (χ3n) is 4.48. The molecular formula is C16H33N. The van der Waals surface area contributed by atoms with Crippen LogP contribution in [0.1, 0.15) is 73.1 Å². The fraction of sp³-hybridized carbons (Fsp3) is 1.00. The summed E-state index contributed by atoms with van der Waals surface area (Å²) in [4.78, 5) is 0. The molecule has 2 atom stereocenters. The van der Waals surface area contributed by atoms with E-state index in [9.17, 15) is 0 Å². The van der Waals surface area contributed by atoms with Crippen LogP contribution in [0.5, 0.6) is 0 Å². The van der Waals surface area contributed by atoms with Crippen molar-refractivity contribution in [3.05, 3.63) is 0 Å². The summed E-state index contributed by atoms with van der Waals surface area (Å²) in [5, 5.41) is 3.79. The minimum absolute atomic E-state index is 0.584. The molecule has 1 fully saturated rings. The van der Waals surface area contributed by atoms with Crippen LogP contribution in [0.15, 0.2) is 0 Å². The van der Waals surface area contributed by atoms with E-state index < -0.39 is 0 Å². The molecule has 0 amide bonds. The van der Waals surface area contributed by atoms with Gasteiger partial charge in [-0.25, -0.2) is 0 Å². The summed E-state index contributed by atoms with van der Waals surface area (Å²) in [6.07, 6.45) is 8.36. The van der Waals surface area contributed by atoms with Crippen molar-refractivity contribution in [2.75, 3.05) is 6.54 Å². The maximum absolute atomic E-state index is 3.79. The predicted molar refractivity (Wildman–Crippen MR) is 77.3 cm³/mol. The molecule has 0 aliphatic heterocycles. The van der Waals surface area contributed by atoms with E-state index in [-0.39, 0.29) is 0 Å². The van der Waals surface area contributed by atoms with Gasteiger partial charge < -0.3 is 5.32 Å². The molecule has 1 nitrogen and oxygen atoms in total. The van der Waals surface area contributed by atoms with Gasteiger partial charge >= 0.3 is 0 Å². The molecule has 0 aromatic rings. The molecule has 0 aromatic heterocycles. The van der Waals surface area contributed by atoms with E-state index in [1.54, 1.807) is 0 Å². The van der Waals surface area contributed by atoms with Crippen molar-refractivity contribution in [1.82, 2.24) is 5.32 Å². The van der Waals surface area contributed by atoms with Gasteiger partial charge in [0, 0.05) is 6.04 Å². The molecular weight excluding hydrogens is 206 g/mol. The maximum Gasteiger partial charge on any atom is 0.0118 e. The normalized spacial score (nSPS) is 26.8. The first-order chi connectivity index (χ1) is 7.96. The van der Waals surface area contributed by atoms with Crippen molar-refractivity contribution in [2.24, 2.45) is 17.3 Å². The van der Waals surface area contributed by atoms with Crippen LogP contribution in [0, 0.1) is 17.3 Å². The molecule has 1 saturated carbocycles. The van der Waals surface area contributed by atoms with Gasteiger partial charge in [0.1, 0.15) is 0 Å². The first-order valence-electron chi connectivity index (χ1n) is 7.69. The second-order valence-corrected chi connectivity index (χ2v) is 7.08. The van der Waals surface area contributed by atoms with Gasteiger partial charge in [-0.3, -0.25) is 0 Å². The Bertz CT molecular complexity index is 208. The van der Waals surface area contributed by atoms with Crippen LogP contribution in [-0.4, -0.2) is 12.6 Å². The number of hydrogen-bond donors (Lipinski definition) is 1. The SMILES string of the molecule is CCCNC(C(C)C)C1CCCC(C)(C)CC1. The largest absolute Gasteiger partial charge is 0.313 e. The van der Waals surface area contributed by atoms with Gasteiger partial charge in [-0.1, -0.05) is 41.0 Å². The first kappa shape index (κ1) is 15.0. The highest BCUT2D eigenvalue weighted by Gasteiger charge is 2.29. The summed E-state index contributed by atoms with van der Waals surface area (Å²) < 4.78 is 0. The second-order valence-electron chi connectivity index (χ2n) is 7.08. The van der Waals surface area contributed by atoms with Gasteiger partial charge in [-0.05, 0) is 55.9 Å². The van der Waals surface area contributed by atoms with Crippen molar-refractivity contribution in [3.8, 4) is 0 Å². The summed E-state index contributed by atoms with van der Waals surface area (Å²) in [5.41, 5.74) is 0.584. The van der Waals surface area contributed by atoms with Crippen LogP contribution in [0.25, 0.3) is 0 Å². The van der Waals surface area contributed by atoms with Gasteiger partial charge in [0.2, 0.25) is 0 Å². The Morgan fingerprint density at radius 2 is 1.88 bits per heavy atom. The van der Waals surface area contributed by atoms with Crippen LogP contribution in [-0.2, 0) is 0 Å². The van der Waals surface area contributed by atoms with Crippen LogP contribution in [0.3, 0.4) is 0 Å². The van der Waals surface area contributed by atoms with E-state index in [4.69, 9.17) is 0 Å². The van der Waals surface area contributed by atoms with Crippen LogP contribution < -0.4 is 5.32 Å². The highest BCUT2D eigenvalue weighted by atomic mass is 14.9. The zero-order valence-corrected chi connectivity index (χ0v) is 12.7. The lowest BCUT2D eigenvalue weighted by Gasteiger charge is -2.31. The van der Waals surface area contributed by atoms with Crippen LogP contribution in [0.2, 0.25) is 0 Å². The van der Waals surface area contributed by atoms with Crippen molar-refractivity contribution >= 4 is 0 Å². The van der Waals surface area contributed by atoms with Crippen molar-refractivity contribution < 1.29 is 0 Å². The quantitative estimate of drug-likeness (QED) is 0.690. The van der Waals surface area contributed by atoms with Gasteiger partial charge in [0.25, 0.3) is 0 Å². The summed E-state index contributed by atoms with van der Waals surface area (Å²) in [6, 6.07) is 0.740. The van der Waals surface area contributed by atoms with Gasteiger partial charge in [0.05, 0.1) is 0 Å². The summed E-state index contributed by atoms with van der Waals surface area (Å²) in [5.74, 6) is 1.68. The highest BCUT2D eigenvalue weighted by molar-refractivity contribution is 4.84. The fourth-order valence-corrected chi connectivity index (χ4v) is 3.31. The molecule has 1 aliphatic rings. The Morgan fingerprint density at radius 3 is 2.47 bits per heavy atom. The monoisotopic (exact) mass is 239 g/mol. The minimum atomic E-state index is 0.584. The molecule has 1 heteroatoms. The third kappa shape index (κ3) is 4.99. The molecule has 0 heterocycles. The van der Waals surface area contributed by atoms with Crippen molar-refractivity contribution in [3.63, 3.8) is 0 Å². The van der Waals surface area contributed by atoms with E-state index in [0.29, 0.717) is 5.41 Å². The lowest BCUT2D eigenvalue weighted by atomic mass is 9.82. The first-order valence-corrected chi connectivity index (χ1v) is 7.69. The van der Waals surface area contributed by atoms with Gasteiger partial charge in [0.15, 0.2) is 0 Å². The molecule has 0 radical (unpaired) electrons. The fourth-order valence-electron chi connectivity index (χ4n) is 3.31. The Kier molecular flexibility index (Phi) is 5.99. The van der Waals surface area contributed by atoms with E-state index in [2.05, 4.69) is 39.9 Å². The zero-order valence-electron chi connectivity index (χ0n) is 12.7. The van der Waals surface area contributed by atoms with Crippen molar-refractivity contribution in [2.45, 2.75) is 79.2 Å². The van der Waals surface area contributed by atoms with E-state index >= 15 is 0 Å². The average molecular weight is 239 g/mol. The van der Waals surface area contributed by atoms with Gasteiger partial charge in [-0.2, -0.15) is 0 Å². The van der Waals surface area contributed by atoms with E-state index in [1.165, 1.54) is 45.1 Å². The highest BCUT2D eigenvalue weighted by Crippen LogP contribution is 2.38. The van der Waals surface area contributed by atoms with Crippen LogP contribution >= 0.6 is 0 Å². The molecule has 0 aromatic carbocycles. The average Bonchev–Trinajstić information content (AvgIpc) is 2.40. The molecule has 17 heavy (non-hydrogen) atoms. The molecule has 0 saturated heterocycles. The van der Waals surface area contributed by atoms with Crippen molar-refractivity contribution in [1.29, 1.82) is 0 Å². The number of rotatable bonds is 5. The number of nitrogens with one attached hydrogen (secondary N) is 1. The number of hydrogen-bond acceptors (Lipinski definition) is 1. The standard InChI is InChI=1S/C16H33N/c1-6-12-17-15(13(2)3)14-8-7-10-16(4,5)11-9-14/h13-15,17H,6-12H2,1-5H3. The van der Waals surface area contributed by atoms with Gasteiger partial charge in [-0.15, -0.1) is 0 Å². The molecule has 2 unspecified atom stereocenters. The lowest BCUT2D eigenvalue weighted by molar-refractivity contribution is 0.247. The Morgan fingerprint density at radius 1 is 1.18 bits per heavy atom. The Labute approximate surface area is 109 Å². The van der Waals surface area contributed by atoms with Crippen LogP contribution in [0.4, 0.5) is 0 Å². The predicted octanol–water partition coefficient (Wildman–Crippen LogP) is 4.62. The third-order valence-corrected chi connectivity index (χ3v) is 4.48. The molecule has 1 aliphatic carbocycles. The Balaban J connectivity index is 2.55. The lowest BCUT2D eigenvalue weighted by Crippen LogP contribution is -2.40. The van der Waals surface area contributed by atoms with E-state index in [1.807, 2.05) is 0 Å². The molecule has 0 spiro atoms. The molecule has 102 valence electrons. The summed E-state index contributed by atoms with van der Waals surface area (Å²) >= 11 is 0. The topological polar surface area (TPSA) is 12.0 Å². The second kappa shape index (κ2) is 6.78. The maximum atomic E-state index is 3.79. The molecule has 0 bridgehead atoms. The minimum Gasteiger partial charge on any atom is -0.313 e.